The lowest BCUT2D eigenvalue weighted by Crippen LogP contribution is -2.23. The third-order valence-electron chi connectivity index (χ3n) is 3.99. The Hall–Kier alpha value is -0.940. The Bertz CT molecular complexity index is 378. The molecule has 0 aromatic carbocycles. The van der Waals surface area contributed by atoms with E-state index in [1.54, 1.807) is 6.92 Å². The quantitative estimate of drug-likeness (QED) is 0.858. The van der Waals surface area contributed by atoms with E-state index in [9.17, 15) is 5.11 Å². The molecule has 2 rings (SSSR count). The maximum absolute atomic E-state index is 9.42. The van der Waals surface area contributed by atoms with Crippen LogP contribution in [-0.4, -0.2) is 21.4 Å². The number of aliphatic hydroxyl groups is 1. The fraction of sp³-hybridized carbons (Fsp3) is 0.846. The van der Waals surface area contributed by atoms with Crippen LogP contribution in [0, 0.1) is 5.92 Å². The summed E-state index contributed by atoms with van der Waals surface area (Å²) in [6.07, 6.45) is 5.35. The summed E-state index contributed by atoms with van der Waals surface area (Å²) >= 11 is 0. The summed E-state index contributed by atoms with van der Waals surface area (Å²) < 4.78 is 5.16. The van der Waals surface area contributed by atoms with E-state index in [0.717, 1.165) is 24.6 Å². The van der Waals surface area contributed by atoms with E-state index in [-0.39, 0.29) is 0 Å². The van der Waals surface area contributed by atoms with E-state index < -0.39 is 12.1 Å². The Kier molecular flexibility index (Phi) is 4.35. The average molecular weight is 253 g/mol. The van der Waals surface area contributed by atoms with E-state index >= 15 is 0 Å². The molecule has 4 atom stereocenters. The van der Waals surface area contributed by atoms with Gasteiger partial charge in [0, 0.05) is 5.92 Å². The van der Waals surface area contributed by atoms with Crippen LogP contribution in [0.4, 0.5) is 0 Å². The van der Waals surface area contributed by atoms with Crippen molar-refractivity contribution in [2.75, 3.05) is 0 Å². The van der Waals surface area contributed by atoms with Crippen molar-refractivity contribution in [2.24, 2.45) is 11.7 Å². The number of rotatable bonds is 4. The number of aliphatic hydroxyl groups excluding tert-OH is 1. The molecule has 1 aromatic heterocycles. The molecular formula is C13H23N3O2. The molecule has 4 unspecified atom stereocenters. The summed E-state index contributed by atoms with van der Waals surface area (Å²) in [6, 6.07) is -0.586. The van der Waals surface area contributed by atoms with Gasteiger partial charge in [-0.15, -0.1) is 0 Å². The maximum Gasteiger partial charge on any atom is 0.246 e. The van der Waals surface area contributed by atoms with Crippen LogP contribution in [0.3, 0.4) is 0 Å². The van der Waals surface area contributed by atoms with E-state index in [2.05, 4.69) is 17.1 Å². The third-order valence-corrected chi connectivity index (χ3v) is 3.99. The van der Waals surface area contributed by atoms with Crippen LogP contribution in [0.1, 0.15) is 69.6 Å². The van der Waals surface area contributed by atoms with Crippen molar-refractivity contribution in [3.05, 3.63) is 11.7 Å². The second kappa shape index (κ2) is 5.80. The van der Waals surface area contributed by atoms with Crippen LogP contribution in [0.5, 0.6) is 0 Å². The molecule has 0 amide bonds. The molecule has 1 aliphatic rings. The highest BCUT2D eigenvalue weighted by molar-refractivity contribution is 5.01. The Morgan fingerprint density at radius 1 is 1.50 bits per heavy atom. The van der Waals surface area contributed by atoms with Gasteiger partial charge in [-0.1, -0.05) is 31.3 Å². The molecule has 5 heteroatoms. The second-order valence-electron chi connectivity index (χ2n) is 5.40. The molecule has 0 spiro atoms. The summed E-state index contributed by atoms with van der Waals surface area (Å²) in [5.74, 6) is 2.27. The largest absolute Gasteiger partial charge is 0.391 e. The van der Waals surface area contributed by atoms with Gasteiger partial charge in [-0.05, 0) is 25.7 Å². The van der Waals surface area contributed by atoms with Crippen LogP contribution >= 0.6 is 0 Å². The van der Waals surface area contributed by atoms with E-state index in [0.29, 0.717) is 11.8 Å². The lowest BCUT2D eigenvalue weighted by Gasteiger charge is -2.26. The Labute approximate surface area is 108 Å². The zero-order chi connectivity index (χ0) is 13.1. The Morgan fingerprint density at radius 3 is 2.94 bits per heavy atom. The number of nitrogens with zero attached hydrogens (tertiary/aromatic N) is 2. The van der Waals surface area contributed by atoms with E-state index in [4.69, 9.17) is 10.3 Å². The minimum absolute atomic E-state index is 0.346. The fourth-order valence-corrected chi connectivity index (χ4v) is 2.65. The van der Waals surface area contributed by atoms with Crippen LogP contribution in [0.2, 0.25) is 0 Å². The molecule has 1 aliphatic carbocycles. The minimum atomic E-state index is -0.673. The summed E-state index contributed by atoms with van der Waals surface area (Å²) in [5, 5.41) is 13.5. The SMILES string of the molecule is CCC1CCCC(c2noc(C(N)C(C)O)n2)C1. The molecule has 18 heavy (non-hydrogen) atoms. The molecule has 1 aromatic rings. The normalized spacial score (nSPS) is 28.0. The topological polar surface area (TPSA) is 85.2 Å². The third kappa shape index (κ3) is 2.90. The monoisotopic (exact) mass is 253 g/mol. The first-order valence-corrected chi connectivity index (χ1v) is 6.89. The molecule has 5 nitrogen and oxygen atoms in total. The van der Waals surface area contributed by atoms with Crippen molar-refractivity contribution >= 4 is 0 Å². The van der Waals surface area contributed by atoms with Gasteiger partial charge < -0.3 is 15.4 Å². The Morgan fingerprint density at radius 2 is 2.28 bits per heavy atom. The Balaban J connectivity index is 2.05. The first-order chi connectivity index (χ1) is 8.61. The van der Waals surface area contributed by atoms with Crippen molar-refractivity contribution in [2.45, 2.75) is 64.0 Å². The maximum atomic E-state index is 9.42. The second-order valence-corrected chi connectivity index (χ2v) is 5.40. The van der Waals surface area contributed by atoms with Gasteiger partial charge in [-0.2, -0.15) is 4.98 Å². The molecule has 0 bridgehead atoms. The summed E-state index contributed by atoms with van der Waals surface area (Å²) in [5.41, 5.74) is 5.79. The number of aromatic nitrogens is 2. The van der Waals surface area contributed by atoms with Crippen LogP contribution in [-0.2, 0) is 0 Å². The van der Waals surface area contributed by atoms with Crippen LogP contribution in [0.15, 0.2) is 4.52 Å². The lowest BCUT2D eigenvalue weighted by atomic mass is 9.80. The van der Waals surface area contributed by atoms with Crippen molar-refractivity contribution < 1.29 is 9.63 Å². The first kappa shape index (κ1) is 13.5. The molecule has 1 heterocycles. The standard InChI is InChI=1S/C13H23N3O2/c1-3-9-5-4-6-10(7-9)12-15-13(18-16-12)11(14)8(2)17/h8-11,17H,3-7,14H2,1-2H3. The van der Waals surface area contributed by atoms with Crippen molar-refractivity contribution in [3.8, 4) is 0 Å². The average Bonchev–Trinajstić information content (AvgIpc) is 2.87. The minimum Gasteiger partial charge on any atom is -0.391 e. The van der Waals surface area contributed by atoms with Gasteiger partial charge in [0.05, 0.1) is 6.10 Å². The number of hydrogen-bond acceptors (Lipinski definition) is 5. The molecule has 0 aliphatic heterocycles. The van der Waals surface area contributed by atoms with Gasteiger partial charge >= 0.3 is 0 Å². The highest BCUT2D eigenvalue weighted by atomic mass is 16.5. The van der Waals surface area contributed by atoms with Gasteiger partial charge in [0.15, 0.2) is 5.82 Å². The van der Waals surface area contributed by atoms with E-state index in [1.165, 1.54) is 19.3 Å². The molecule has 1 saturated carbocycles. The van der Waals surface area contributed by atoms with Crippen molar-refractivity contribution in [1.82, 2.24) is 10.1 Å². The summed E-state index contributed by atoms with van der Waals surface area (Å²) in [7, 11) is 0. The number of nitrogens with two attached hydrogens (primary N) is 1. The van der Waals surface area contributed by atoms with Crippen molar-refractivity contribution in [1.29, 1.82) is 0 Å². The van der Waals surface area contributed by atoms with Crippen LogP contribution in [0.25, 0.3) is 0 Å². The van der Waals surface area contributed by atoms with Gasteiger partial charge in [-0.3, -0.25) is 0 Å². The molecule has 3 N–H and O–H groups in total. The predicted molar refractivity (Wildman–Crippen MR) is 67.9 cm³/mol. The zero-order valence-electron chi connectivity index (χ0n) is 11.2. The summed E-state index contributed by atoms with van der Waals surface area (Å²) in [4.78, 5) is 4.36. The molecule has 0 saturated heterocycles. The van der Waals surface area contributed by atoms with Crippen molar-refractivity contribution in [3.63, 3.8) is 0 Å². The lowest BCUT2D eigenvalue weighted by molar-refractivity contribution is 0.146. The molecule has 1 fully saturated rings. The summed E-state index contributed by atoms with van der Waals surface area (Å²) in [6.45, 7) is 3.86. The van der Waals surface area contributed by atoms with Gasteiger partial charge in [-0.25, -0.2) is 0 Å². The number of hydrogen-bond donors (Lipinski definition) is 2. The zero-order valence-corrected chi connectivity index (χ0v) is 11.2. The highest BCUT2D eigenvalue weighted by Crippen LogP contribution is 2.36. The molecular weight excluding hydrogens is 230 g/mol. The van der Waals surface area contributed by atoms with Gasteiger partial charge in [0.2, 0.25) is 5.89 Å². The predicted octanol–water partition coefficient (Wildman–Crippen LogP) is 2.13. The fourth-order valence-electron chi connectivity index (χ4n) is 2.65. The first-order valence-electron chi connectivity index (χ1n) is 6.89. The highest BCUT2D eigenvalue weighted by Gasteiger charge is 2.27. The van der Waals surface area contributed by atoms with E-state index in [1.807, 2.05) is 0 Å². The smallest absolute Gasteiger partial charge is 0.246 e. The van der Waals surface area contributed by atoms with Gasteiger partial charge in [0.1, 0.15) is 6.04 Å². The molecule has 0 radical (unpaired) electrons. The van der Waals surface area contributed by atoms with Gasteiger partial charge in [0.25, 0.3) is 0 Å². The van der Waals surface area contributed by atoms with Crippen LogP contribution < -0.4 is 5.73 Å². The molecule has 102 valence electrons.